The molecule has 0 radical (unpaired) electrons. The third-order valence-electron chi connectivity index (χ3n) is 2.62. The maximum absolute atomic E-state index is 11.7. The van der Waals surface area contributed by atoms with Crippen molar-refractivity contribution in [2.24, 2.45) is 0 Å². The van der Waals surface area contributed by atoms with Crippen LogP contribution >= 0.6 is 0 Å². The number of carbonyl (C=O) groups excluding carboxylic acids is 1. The number of ether oxygens (including phenoxy) is 1. The lowest BCUT2D eigenvalue weighted by Crippen LogP contribution is -2.30. The zero-order valence-electron chi connectivity index (χ0n) is 9.06. The molecule has 1 aliphatic rings. The molecule has 1 amide bonds. The van der Waals surface area contributed by atoms with Crippen molar-refractivity contribution in [3.05, 3.63) is 29.8 Å². The molecule has 0 aliphatic carbocycles. The van der Waals surface area contributed by atoms with E-state index in [0.29, 0.717) is 26.2 Å². The Labute approximate surface area is 94.4 Å². The van der Waals surface area contributed by atoms with Gasteiger partial charge in [-0.1, -0.05) is 18.2 Å². The molecule has 0 saturated carbocycles. The highest BCUT2D eigenvalue weighted by atomic mass is 16.5. The van der Waals surface area contributed by atoms with Crippen LogP contribution in [0.5, 0.6) is 0 Å². The summed E-state index contributed by atoms with van der Waals surface area (Å²) < 4.78 is 5.16. The first-order valence-corrected chi connectivity index (χ1v) is 5.40. The summed E-state index contributed by atoms with van der Waals surface area (Å²) in [4.78, 5) is 13.5. The maximum Gasteiger partial charge on any atom is 0.231 e. The first-order valence-electron chi connectivity index (χ1n) is 5.40. The fourth-order valence-corrected chi connectivity index (χ4v) is 1.88. The van der Waals surface area contributed by atoms with Crippen molar-refractivity contribution in [3.63, 3.8) is 0 Å². The van der Waals surface area contributed by atoms with Gasteiger partial charge in [0.05, 0.1) is 26.2 Å². The van der Waals surface area contributed by atoms with Crippen molar-refractivity contribution < 1.29 is 14.6 Å². The molecule has 16 heavy (non-hydrogen) atoms. The highest BCUT2D eigenvalue weighted by Crippen LogP contribution is 2.27. The average Bonchev–Trinajstić information content (AvgIpc) is 2.61. The Morgan fingerprint density at radius 2 is 2.12 bits per heavy atom. The van der Waals surface area contributed by atoms with Crippen molar-refractivity contribution in [2.45, 2.75) is 6.42 Å². The summed E-state index contributed by atoms with van der Waals surface area (Å²) in [6, 6.07) is 7.80. The van der Waals surface area contributed by atoms with Gasteiger partial charge < -0.3 is 14.7 Å². The number of hydrogen-bond donors (Lipinski definition) is 1. The lowest BCUT2D eigenvalue weighted by molar-refractivity contribution is -0.117. The SMILES string of the molecule is O=C1Cc2ccccc2N1CCOCCO. The molecule has 0 fully saturated rings. The van der Waals surface area contributed by atoms with E-state index in [9.17, 15) is 4.79 Å². The van der Waals surface area contributed by atoms with Crippen molar-refractivity contribution in [1.82, 2.24) is 0 Å². The smallest absolute Gasteiger partial charge is 0.231 e. The number of benzene rings is 1. The second-order valence-electron chi connectivity index (χ2n) is 3.69. The van der Waals surface area contributed by atoms with Crippen molar-refractivity contribution in [3.8, 4) is 0 Å². The van der Waals surface area contributed by atoms with Crippen molar-refractivity contribution in [1.29, 1.82) is 0 Å². The minimum absolute atomic E-state index is 0.0184. The number of fused-ring (bicyclic) bond motifs is 1. The van der Waals surface area contributed by atoms with Crippen LogP contribution < -0.4 is 4.90 Å². The van der Waals surface area contributed by atoms with E-state index in [0.717, 1.165) is 11.3 Å². The molecule has 0 bridgehead atoms. The first kappa shape index (κ1) is 11.1. The van der Waals surface area contributed by atoms with E-state index >= 15 is 0 Å². The van der Waals surface area contributed by atoms with Crippen molar-refractivity contribution in [2.75, 3.05) is 31.3 Å². The number of aliphatic hydroxyl groups is 1. The molecule has 86 valence electrons. The third-order valence-corrected chi connectivity index (χ3v) is 2.62. The molecule has 1 heterocycles. The Bertz CT molecular complexity index is 378. The second kappa shape index (κ2) is 5.09. The molecule has 2 rings (SSSR count). The van der Waals surface area contributed by atoms with Crippen LogP contribution in [0.4, 0.5) is 5.69 Å². The minimum Gasteiger partial charge on any atom is -0.394 e. The zero-order valence-corrected chi connectivity index (χ0v) is 9.06. The summed E-state index contributed by atoms with van der Waals surface area (Å²) >= 11 is 0. The number of hydrogen-bond acceptors (Lipinski definition) is 3. The Morgan fingerprint density at radius 1 is 1.31 bits per heavy atom. The number of anilines is 1. The average molecular weight is 221 g/mol. The summed E-state index contributed by atoms with van der Waals surface area (Å²) in [6.07, 6.45) is 0.482. The molecule has 1 aromatic rings. The van der Waals surface area contributed by atoms with E-state index in [1.54, 1.807) is 4.90 Å². The monoisotopic (exact) mass is 221 g/mol. The number of nitrogens with zero attached hydrogens (tertiary/aromatic N) is 1. The van der Waals surface area contributed by atoms with Gasteiger partial charge in [-0.15, -0.1) is 0 Å². The van der Waals surface area contributed by atoms with Crippen LogP contribution in [0.3, 0.4) is 0 Å². The lowest BCUT2D eigenvalue weighted by atomic mass is 10.2. The van der Waals surface area contributed by atoms with E-state index in [2.05, 4.69) is 0 Å². The fraction of sp³-hybridized carbons (Fsp3) is 0.417. The predicted octanol–water partition coefficient (Wildman–Crippen LogP) is 0.585. The van der Waals surface area contributed by atoms with Gasteiger partial charge in [0.2, 0.25) is 5.91 Å². The number of aliphatic hydroxyl groups excluding tert-OH is 1. The molecule has 1 aromatic carbocycles. The minimum atomic E-state index is 0.0184. The standard InChI is InChI=1S/C12H15NO3/c14-6-8-16-7-5-13-11-4-2-1-3-10(11)9-12(13)15/h1-4,14H,5-9H2. The molecule has 0 atom stereocenters. The largest absolute Gasteiger partial charge is 0.394 e. The van der Waals surface area contributed by atoms with Crippen LogP contribution in [0, 0.1) is 0 Å². The van der Waals surface area contributed by atoms with Crippen molar-refractivity contribution >= 4 is 11.6 Å². The number of amides is 1. The second-order valence-corrected chi connectivity index (χ2v) is 3.69. The summed E-state index contributed by atoms with van der Waals surface area (Å²) in [5, 5.41) is 8.56. The van der Waals surface area contributed by atoms with Crippen LogP contribution in [-0.2, 0) is 16.0 Å². The van der Waals surface area contributed by atoms with Gasteiger partial charge in [-0.25, -0.2) is 0 Å². The van der Waals surface area contributed by atoms with Crippen LogP contribution in [0.15, 0.2) is 24.3 Å². The molecule has 4 heteroatoms. The van der Waals surface area contributed by atoms with Gasteiger partial charge in [0.25, 0.3) is 0 Å². The van der Waals surface area contributed by atoms with Crippen LogP contribution in [0.2, 0.25) is 0 Å². The molecular weight excluding hydrogens is 206 g/mol. The summed E-state index contributed by atoms with van der Waals surface area (Å²) in [5.74, 6) is 0.119. The molecule has 4 nitrogen and oxygen atoms in total. The Hall–Kier alpha value is -1.39. The first-order chi connectivity index (χ1) is 7.83. The van der Waals surface area contributed by atoms with Gasteiger partial charge >= 0.3 is 0 Å². The summed E-state index contributed by atoms with van der Waals surface area (Å²) in [5.41, 5.74) is 2.06. The van der Waals surface area contributed by atoms with Crippen LogP contribution in [-0.4, -0.2) is 37.4 Å². The van der Waals surface area contributed by atoms with E-state index in [1.807, 2.05) is 24.3 Å². The quantitative estimate of drug-likeness (QED) is 0.740. The summed E-state index contributed by atoms with van der Waals surface area (Å²) in [6.45, 7) is 1.35. The maximum atomic E-state index is 11.7. The topological polar surface area (TPSA) is 49.8 Å². The highest BCUT2D eigenvalue weighted by Gasteiger charge is 2.25. The summed E-state index contributed by atoms with van der Waals surface area (Å²) in [7, 11) is 0. The van der Waals surface area contributed by atoms with E-state index in [4.69, 9.17) is 9.84 Å². The molecule has 0 saturated heterocycles. The third kappa shape index (κ3) is 2.23. The molecule has 0 aromatic heterocycles. The highest BCUT2D eigenvalue weighted by molar-refractivity contribution is 6.01. The number of rotatable bonds is 5. The fourth-order valence-electron chi connectivity index (χ4n) is 1.88. The van der Waals surface area contributed by atoms with E-state index < -0.39 is 0 Å². The Balaban J connectivity index is 1.97. The predicted molar refractivity (Wildman–Crippen MR) is 60.4 cm³/mol. The van der Waals surface area contributed by atoms with Gasteiger partial charge in [-0.05, 0) is 11.6 Å². The Kier molecular flexibility index (Phi) is 3.54. The molecule has 1 aliphatic heterocycles. The number of carbonyl (C=O) groups is 1. The van der Waals surface area contributed by atoms with Gasteiger partial charge in [-0.2, -0.15) is 0 Å². The van der Waals surface area contributed by atoms with Gasteiger partial charge in [0.15, 0.2) is 0 Å². The lowest BCUT2D eigenvalue weighted by Gasteiger charge is -2.17. The van der Waals surface area contributed by atoms with Gasteiger partial charge in [-0.3, -0.25) is 4.79 Å². The van der Waals surface area contributed by atoms with Gasteiger partial charge in [0.1, 0.15) is 0 Å². The number of para-hydroxylation sites is 1. The normalized spacial score (nSPS) is 14.3. The van der Waals surface area contributed by atoms with Crippen LogP contribution in [0.25, 0.3) is 0 Å². The molecule has 0 unspecified atom stereocenters. The van der Waals surface area contributed by atoms with Gasteiger partial charge in [0, 0.05) is 12.2 Å². The van der Waals surface area contributed by atoms with E-state index in [-0.39, 0.29) is 12.5 Å². The Morgan fingerprint density at radius 3 is 2.94 bits per heavy atom. The molecule has 0 spiro atoms. The zero-order chi connectivity index (χ0) is 11.4. The van der Waals surface area contributed by atoms with E-state index in [1.165, 1.54) is 0 Å². The van der Waals surface area contributed by atoms with Crippen LogP contribution in [0.1, 0.15) is 5.56 Å². The molecule has 1 N–H and O–H groups in total. The molecular formula is C12H15NO3.